The molecule has 3 heterocycles. The van der Waals surface area contributed by atoms with Gasteiger partial charge in [-0.15, -0.1) is 5.10 Å². The average Bonchev–Trinajstić information content (AvgIpc) is 3.15. The molecule has 0 bridgehead atoms. The molecule has 1 fully saturated rings. The van der Waals surface area contributed by atoms with Crippen LogP contribution in [0.1, 0.15) is 36.9 Å². The van der Waals surface area contributed by atoms with Crippen molar-refractivity contribution in [1.29, 1.82) is 0 Å². The molecule has 168 valence electrons. The Labute approximate surface area is 189 Å². The molecule has 2 aromatic heterocycles. The van der Waals surface area contributed by atoms with Gasteiger partial charge in [-0.25, -0.2) is 4.98 Å². The number of rotatable bonds is 4. The number of pyridine rings is 1. The highest BCUT2D eigenvalue weighted by molar-refractivity contribution is 5.60. The van der Waals surface area contributed by atoms with Crippen LogP contribution >= 0.6 is 0 Å². The third kappa shape index (κ3) is 4.55. The van der Waals surface area contributed by atoms with E-state index in [4.69, 9.17) is 10.7 Å². The SMILES string of the molecule is CN1CCN(c2ccc(Nc3nc(N)n(-c4ccc5c(n4)CCCCCC5)n3)cc2)CC1. The summed E-state index contributed by atoms with van der Waals surface area (Å²) in [5, 5.41) is 7.85. The van der Waals surface area contributed by atoms with Gasteiger partial charge < -0.3 is 20.9 Å². The van der Waals surface area contributed by atoms with E-state index in [-0.39, 0.29) is 0 Å². The normalized spacial score (nSPS) is 17.5. The molecule has 1 saturated heterocycles. The summed E-state index contributed by atoms with van der Waals surface area (Å²) in [4.78, 5) is 14.1. The Balaban J connectivity index is 1.30. The molecular formula is C24H32N8. The van der Waals surface area contributed by atoms with Crippen molar-refractivity contribution in [3.8, 4) is 5.82 Å². The van der Waals surface area contributed by atoms with E-state index in [1.54, 1.807) is 4.68 Å². The second-order valence-electron chi connectivity index (χ2n) is 8.86. The minimum absolute atomic E-state index is 0.333. The molecule has 1 aromatic carbocycles. The number of hydrogen-bond acceptors (Lipinski definition) is 7. The predicted molar refractivity (Wildman–Crippen MR) is 129 cm³/mol. The van der Waals surface area contributed by atoms with Gasteiger partial charge in [0.25, 0.3) is 0 Å². The zero-order valence-electron chi connectivity index (χ0n) is 18.8. The van der Waals surface area contributed by atoms with Gasteiger partial charge in [-0.2, -0.15) is 9.67 Å². The van der Waals surface area contributed by atoms with Crippen molar-refractivity contribution < 1.29 is 0 Å². The van der Waals surface area contributed by atoms with Crippen LogP contribution in [0.25, 0.3) is 5.82 Å². The van der Waals surface area contributed by atoms with Crippen molar-refractivity contribution in [2.75, 3.05) is 49.2 Å². The summed E-state index contributed by atoms with van der Waals surface area (Å²) in [6, 6.07) is 12.6. The van der Waals surface area contributed by atoms with Gasteiger partial charge in [-0.1, -0.05) is 18.9 Å². The minimum Gasteiger partial charge on any atom is -0.369 e. The first-order chi connectivity index (χ1) is 15.7. The molecule has 3 N–H and O–H groups in total. The fraction of sp³-hybridized carbons (Fsp3) is 0.458. The number of fused-ring (bicyclic) bond motifs is 1. The molecule has 1 aliphatic heterocycles. The first-order valence-corrected chi connectivity index (χ1v) is 11.7. The van der Waals surface area contributed by atoms with Gasteiger partial charge in [0.05, 0.1) is 0 Å². The lowest BCUT2D eigenvalue weighted by atomic mass is 9.97. The number of nitrogens with two attached hydrogens (primary N) is 1. The van der Waals surface area contributed by atoms with Crippen LogP contribution < -0.4 is 16.0 Å². The molecule has 3 aromatic rings. The summed E-state index contributed by atoms with van der Waals surface area (Å²) in [5.41, 5.74) is 10.9. The van der Waals surface area contributed by atoms with Crippen LogP contribution in [0, 0.1) is 0 Å². The van der Waals surface area contributed by atoms with E-state index in [2.05, 4.69) is 62.6 Å². The summed E-state index contributed by atoms with van der Waals surface area (Å²) in [5.74, 6) is 1.54. The van der Waals surface area contributed by atoms with Gasteiger partial charge in [0.15, 0.2) is 5.82 Å². The third-order valence-electron chi connectivity index (χ3n) is 6.50. The minimum atomic E-state index is 0.333. The van der Waals surface area contributed by atoms with Gasteiger partial charge in [0.1, 0.15) is 0 Å². The third-order valence-corrected chi connectivity index (χ3v) is 6.50. The van der Waals surface area contributed by atoms with Crippen molar-refractivity contribution in [2.24, 2.45) is 0 Å². The van der Waals surface area contributed by atoms with Crippen molar-refractivity contribution in [3.05, 3.63) is 47.7 Å². The number of benzene rings is 1. The van der Waals surface area contributed by atoms with E-state index in [1.807, 2.05) is 6.07 Å². The van der Waals surface area contributed by atoms with Crippen LogP contribution in [0.3, 0.4) is 0 Å². The van der Waals surface area contributed by atoms with Crippen molar-refractivity contribution in [1.82, 2.24) is 24.6 Å². The monoisotopic (exact) mass is 432 g/mol. The smallest absolute Gasteiger partial charge is 0.248 e. The lowest BCUT2D eigenvalue weighted by Gasteiger charge is -2.34. The van der Waals surface area contributed by atoms with Gasteiger partial charge in [0.2, 0.25) is 11.9 Å². The first-order valence-electron chi connectivity index (χ1n) is 11.7. The molecule has 0 saturated carbocycles. The molecule has 0 unspecified atom stereocenters. The Kier molecular flexibility index (Phi) is 5.94. The number of aromatic nitrogens is 4. The highest BCUT2D eigenvalue weighted by Crippen LogP contribution is 2.24. The Bertz CT molecular complexity index is 1050. The average molecular weight is 433 g/mol. The van der Waals surface area contributed by atoms with Crippen LogP contribution in [-0.4, -0.2) is 57.9 Å². The van der Waals surface area contributed by atoms with E-state index in [9.17, 15) is 0 Å². The second kappa shape index (κ2) is 9.16. The Morgan fingerprint density at radius 3 is 2.38 bits per heavy atom. The molecule has 1 aliphatic carbocycles. The highest BCUT2D eigenvalue weighted by atomic mass is 15.4. The molecule has 8 heteroatoms. The van der Waals surface area contributed by atoms with Crippen LogP contribution in [-0.2, 0) is 12.8 Å². The van der Waals surface area contributed by atoms with E-state index in [1.165, 1.54) is 42.6 Å². The quantitative estimate of drug-likeness (QED) is 0.653. The molecule has 0 spiro atoms. The lowest BCUT2D eigenvalue weighted by molar-refractivity contribution is 0.313. The molecule has 0 radical (unpaired) electrons. The molecule has 5 rings (SSSR count). The zero-order valence-corrected chi connectivity index (χ0v) is 18.8. The Hall–Kier alpha value is -3.13. The first kappa shape index (κ1) is 20.8. The number of nitrogen functional groups attached to an aromatic ring is 1. The fourth-order valence-corrected chi connectivity index (χ4v) is 4.54. The Morgan fingerprint density at radius 2 is 1.59 bits per heavy atom. The molecular weight excluding hydrogens is 400 g/mol. The highest BCUT2D eigenvalue weighted by Gasteiger charge is 2.16. The fourth-order valence-electron chi connectivity index (χ4n) is 4.54. The molecule has 32 heavy (non-hydrogen) atoms. The number of nitrogens with zero attached hydrogens (tertiary/aromatic N) is 6. The summed E-state index contributed by atoms with van der Waals surface area (Å²) in [6.07, 6.45) is 7.13. The van der Waals surface area contributed by atoms with Gasteiger partial charge in [-0.05, 0) is 68.6 Å². The summed E-state index contributed by atoms with van der Waals surface area (Å²) < 4.78 is 1.62. The summed E-state index contributed by atoms with van der Waals surface area (Å²) in [7, 11) is 2.17. The van der Waals surface area contributed by atoms with Crippen LogP contribution in [0.5, 0.6) is 0 Å². The van der Waals surface area contributed by atoms with Crippen molar-refractivity contribution in [2.45, 2.75) is 38.5 Å². The van der Waals surface area contributed by atoms with Gasteiger partial charge in [0, 0.05) is 43.2 Å². The predicted octanol–water partition coefficient (Wildman–Crippen LogP) is 3.40. The maximum absolute atomic E-state index is 6.19. The van der Waals surface area contributed by atoms with E-state index >= 15 is 0 Å². The van der Waals surface area contributed by atoms with Crippen molar-refractivity contribution in [3.63, 3.8) is 0 Å². The second-order valence-corrected chi connectivity index (χ2v) is 8.86. The summed E-state index contributed by atoms with van der Waals surface area (Å²) in [6.45, 7) is 4.30. The van der Waals surface area contributed by atoms with Gasteiger partial charge in [-0.3, -0.25) is 0 Å². The standard InChI is InChI=1S/C24H32N8/c1-30-14-16-31(17-15-30)20-11-9-19(10-12-20)26-24-28-23(25)32(29-24)22-13-8-18-6-4-2-3-5-7-21(18)27-22/h8-13H,2-7,14-17H2,1H3,(H3,25,26,28,29). The number of piperazine rings is 1. The topological polar surface area (TPSA) is 88.1 Å². The van der Waals surface area contributed by atoms with Crippen LogP contribution in [0.15, 0.2) is 36.4 Å². The van der Waals surface area contributed by atoms with Crippen molar-refractivity contribution >= 4 is 23.3 Å². The largest absolute Gasteiger partial charge is 0.369 e. The number of aryl methyl sites for hydroxylation is 2. The van der Waals surface area contributed by atoms with E-state index < -0.39 is 0 Å². The van der Waals surface area contributed by atoms with E-state index in [0.717, 1.165) is 50.5 Å². The lowest BCUT2D eigenvalue weighted by Crippen LogP contribution is -2.44. The van der Waals surface area contributed by atoms with E-state index in [0.29, 0.717) is 11.9 Å². The number of likely N-dealkylation sites (N-methyl/N-ethyl adjacent to an activating group) is 1. The Morgan fingerprint density at radius 1 is 0.844 bits per heavy atom. The summed E-state index contributed by atoms with van der Waals surface area (Å²) >= 11 is 0. The molecule has 0 amide bonds. The molecule has 0 atom stereocenters. The molecule has 2 aliphatic rings. The molecule has 8 nitrogen and oxygen atoms in total. The maximum Gasteiger partial charge on any atom is 0.248 e. The maximum atomic E-state index is 6.19. The zero-order chi connectivity index (χ0) is 21.9. The number of anilines is 4. The van der Waals surface area contributed by atoms with Crippen LogP contribution in [0.4, 0.5) is 23.3 Å². The van der Waals surface area contributed by atoms with Gasteiger partial charge >= 0.3 is 0 Å². The van der Waals surface area contributed by atoms with Crippen LogP contribution in [0.2, 0.25) is 0 Å². The number of nitrogens with one attached hydrogen (secondary N) is 1. The number of hydrogen-bond donors (Lipinski definition) is 2.